The summed E-state index contributed by atoms with van der Waals surface area (Å²) >= 11 is 1.71. The summed E-state index contributed by atoms with van der Waals surface area (Å²) in [7, 11) is 0. The van der Waals surface area contributed by atoms with Crippen LogP contribution in [0.15, 0.2) is 130 Å². The number of thiazole rings is 1. The fraction of sp³-hybridized carbons (Fsp3) is 0. The van der Waals surface area contributed by atoms with Crippen LogP contribution >= 0.6 is 11.3 Å². The van der Waals surface area contributed by atoms with Crippen molar-refractivity contribution in [3.8, 4) is 16.3 Å². The number of rotatable bonds is 2. The Bertz CT molecular complexity index is 2690. The smallest absolute Gasteiger partial charge is 0.195 e. The fourth-order valence-electron chi connectivity index (χ4n) is 6.61. The molecule has 4 aromatic heterocycles. The maximum atomic E-state index is 6.33. The molecule has 0 fully saturated rings. The average Bonchev–Trinajstić information content (AvgIpc) is 3.80. The van der Waals surface area contributed by atoms with Crippen molar-refractivity contribution in [3.63, 3.8) is 0 Å². The lowest BCUT2D eigenvalue weighted by atomic mass is 10.0. The van der Waals surface area contributed by atoms with Gasteiger partial charge in [0.15, 0.2) is 5.13 Å². The highest BCUT2D eigenvalue weighted by Gasteiger charge is 2.22. The molecule has 0 N–H and O–H groups in total. The Morgan fingerprint density at radius 2 is 1.24 bits per heavy atom. The summed E-state index contributed by atoms with van der Waals surface area (Å²) in [5.41, 5.74) is 9.05. The second kappa shape index (κ2) is 8.09. The Morgan fingerprint density at radius 3 is 2.14 bits per heavy atom. The van der Waals surface area contributed by atoms with Gasteiger partial charge in [0.2, 0.25) is 0 Å². The third-order valence-corrected chi connectivity index (χ3v) is 9.46. The number of fused-ring (bicyclic) bond motifs is 12. The molecule has 0 aliphatic rings. The van der Waals surface area contributed by atoms with E-state index in [0.717, 1.165) is 75.8 Å². The number of hydrogen-bond donors (Lipinski definition) is 0. The van der Waals surface area contributed by atoms with Gasteiger partial charge in [-0.3, -0.25) is 4.57 Å². The van der Waals surface area contributed by atoms with Crippen LogP contribution in [-0.2, 0) is 0 Å². The zero-order chi connectivity index (χ0) is 27.4. The van der Waals surface area contributed by atoms with E-state index in [1.54, 1.807) is 11.3 Å². The van der Waals surface area contributed by atoms with E-state index in [2.05, 4.69) is 108 Å². The Morgan fingerprint density at radius 1 is 0.524 bits per heavy atom. The van der Waals surface area contributed by atoms with Gasteiger partial charge in [0.05, 0.1) is 32.0 Å². The second-order valence-corrected chi connectivity index (χ2v) is 11.8. The van der Waals surface area contributed by atoms with Crippen LogP contribution in [0, 0.1) is 0 Å². The predicted octanol–water partition coefficient (Wildman–Crippen LogP) is 10.9. The van der Waals surface area contributed by atoms with Gasteiger partial charge in [-0.05, 0) is 59.7 Å². The molecule has 42 heavy (non-hydrogen) atoms. The first-order valence-electron chi connectivity index (χ1n) is 14.0. The molecule has 0 atom stereocenters. The summed E-state index contributed by atoms with van der Waals surface area (Å²) in [6.45, 7) is 0. The predicted molar refractivity (Wildman–Crippen MR) is 174 cm³/mol. The Balaban J connectivity index is 1.32. The van der Waals surface area contributed by atoms with Crippen molar-refractivity contribution in [2.24, 2.45) is 0 Å². The number of nitrogens with zero attached hydrogens (tertiary/aromatic N) is 2. The summed E-state index contributed by atoms with van der Waals surface area (Å²) in [5, 5.41) is 7.68. The van der Waals surface area contributed by atoms with Crippen molar-refractivity contribution in [1.29, 1.82) is 0 Å². The minimum Gasteiger partial charge on any atom is -0.456 e. The molecule has 0 aliphatic carbocycles. The average molecular weight is 557 g/mol. The highest BCUT2D eigenvalue weighted by molar-refractivity contribution is 7.21. The molecule has 0 saturated carbocycles. The zero-order valence-corrected chi connectivity index (χ0v) is 23.0. The van der Waals surface area contributed by atoms with Crippen molar-refractivity contribution in [3.05, 3.63) is 121 Å². The molecule has 0 aliphatic heterocycles. The minimum atomic E-state index is 0.852. The van der Waals surface area contributed by atoms with Crippen molar-refractivity contribution in [2.45, 2.75) is 0 Å². The topological polar surface area (TPSA) is 44.1 Å². The molecule has 10 rings (SSSR count). The molecule has 0 bridgehead atoms. The summed E-state index contributed by atoms with van der Waals surface area (Å²) in [6.07, 6.45) is 0. The van der Waals surface area contributed by atoms with Crippen LogP contribution in [0.5, 0.6) is 0 Å². The normalized spacial score (nSPS) is 12.3. The van der Waals surface area contributed by atoms with Crippen LogP contribution in [0.3, 0.4) is 0 Å². The van der Waals surface area contributed by atoms with Crippen LogP contribution in [0.2, 0.25) is 0 Å². The molecular weight excluding hydrogens is 536 g/mol. The fourth-order valence-corrected chi connectivity index (χ4v) is 7.61. The van der Waals surface area contributed by atoms with Crippen LogP contribution in [0.25, 0.3) is 92.2 Å². The standard InChI is InChI=1S/C37H20N2O2S/c1-2-8-21(9-3-1)22-14-16-29-26(20-22)33-30(41-29)18-19-32-35(33)38-37(42-32)39-27-12-6-4-10-23(27)24-15-17-31-34(36(24)39)25-11-5-7-13-28(25)40-31/h1-20H. The van der Waals surface area contributed by atoms with E-state index in [-0.39, 0.29) is 0 Å². The van der Waals surface area contributed by atoms with Gasteiger partial charge in [-0.2, -0.15) is 0 Å². The van der Waals surface area contributed by atoms with Gasteiger partial charge in [-0.15, -0.1) is 0 Å². The molecular formula is C37H20N2O2S. The lowest BCUT2D eigenvalue weighted by Gasteiger charge is -2.04. The van der Waals surface area contributed by atoms with Gasteiger partial charge in [0, 0.05) is 21.5 Å². The zero-order valence-electron chi connectivity index (χ0n) is 22.2. The van der Waals surface area contributed by atoms with Gasteiger partial charge < -0.3 is 8.83 Å². The molecule has 0 spiro atoms. The molecule has 0 unspecified atom stereocenters. The Hall–Kier alpha value is -5.39. The minimum absolute atomic E-state index is 0.852. The van der Waals surface area contributed by atoms with E-state index in [4.69, 9.17) is 13.8 Å². The molecule has 6 aromatic carbocycles. The maximum absolute atomic E-state index is 6.33. The first-order chi connectivity index (χ1) is 20.8. The Kier molecular flexibility index (Phi) is 4.30. The van der Waals surface area contributed by atoms with Crippen LogP contribution < -0.4 is 0 Å². The molecule has 5 heteroatoms. The third kappa shape index (κ3) is 2.93. The number of benzene rings is 6. The molecule has 4 nitrogen and oxygen atoms in total. The van der Waals surface area contributed by atoms with Crippen molar-refractivity contribution < 1.29 is 8.83 Å². The third-order valence-electron chi connectivity index (χ3n) is 8.45. The largest absolute Gasteiger partial charge is 0.456 e. The second-order valence-electron chi connectivity index (χ2n) is 10.7. The summed E-state index contributed by atoms with van der Waals surface area (Å²) < 4.78 is 16.1. The monoisotopic (exact) mass is 556 g/mol. The highest BCUT2D eigenvalue weighted by Crippen LogP contribution is 2.43. The maximum Gasteiger partial charge on any atom is 0.195 e. The summed E-state index contributed by atoms with van der Waals surface area (Å²) in [6, 6.07) is 42.3. The lowest BCUT2D eigenvalue weighted by Crippen LogP contribution is -1.93. The van der Waals surface area contributed by atoms with Crippen molar-refractivity contribution in [1.82, 2.24) is 9.55 Å². The van der Waals surface area contributed by atoms with E-state index < -0.39 is 0 Å². The summed E-state index contributed by atoms with van der Waals surface area (Å²) in [5.74, 6) is 0. The van der Waals surface area contributed by atoms with E-state index in [1.165, 1.54) is 16.3 Å². The van der Waals surface area contributed by atoms with Gasteiger partial charge >= 0.3 is 0 Å². The van der Waals surface area contributed by atoms with Crippen LogP contribution in [0.4, 0.5) is 0 Å². The molecule has 0 radical (unpaired) electrons. The highest BCUT2D eigenvalue weighted by atomic mass is 32.1. The van der Waals surface area contributed by atoms with E-state index in [0.29, 0.717) is 0 Å². The van der Waals surface area contributed by atoms with E-state index in [1.807, 2.05) is 18.2 Å². The lowest BCUT2D eigenvalue weighted by molar-refractivity contribution is 0.669. The van der Waals surface area contributed by atoms with Gasteiger partial charge in [0.1, 0.15) is 22.3 Å². The van der Waals surface area contributed by atoms with Gasteiger partial charge in [-0.25, -0.2) is 4.98 Å². The van der Waals surface area contributed by atoms with Crippen LogP contribution in [0.1, 0.15) is 0 Å². The number of furan rings is 2. The van der Waals surface area contributed by atoms with E-state index in [9.17, 15) is 0 Å². The Labute approximate surface area is 242 Å². The van der Waals surface area contributed by atoms with Crippen molar-refractivity contribution >= 4 is 87.2 Å². The quantitative estimate of drug-likeness (QED) is 0.213. The molecule has 4 heterocycles. The van der Waals surface area contributed by atoms with Gasteiger partial charge in [0.25, 0.3) is 0 Å². The van der Waals surface area contributed by atoms with Crippen molar-refractivity contribution in [2.75, 3.05) is 0 Å². The first-order valence-corrected chi connectivity index (χ1v) is 14.8. The first kappa shape index (κ1) is 22.3. The number of hydrogen-bond acceptors (Lipinski definition) is 4. The number of para-hydroxylation sites is 2. The SMILES string of the molecule is c1ccc(-c2ccc3oc4ccc5sc(-n6c7ccccc7c7ccc8oc9ccccc9c8c76)nc5c4c3c2)cc1. The summed E-state index contributed by atoms with van der Waals surface area (Å²) in [4.78, 5) is 5.37. The molecule has 10 aromatic rings. The van der Waals surface area contributed by atoms with Crippen LogP contribution in [-0.4, -0.2) is 9.55 Å². The number of aromatic nitrogens is 2. The van der Waals surface area contributed by atoms with Gasteiger partial charge in [-0.1, -0.05) is 84.1 Å². The van der Waals surface area contributed by atoms with E-state index >= 15 is 0 Å². The molecule has 0 amide bonds. The molecule has 0 saturated heterocycles. The molecule has 196 valence electrons.